The van der Waals surface area contributed by atoms with Gasteiger partial charge in [-0.1, -0.05) is 42.5 Å². The largest absolute Gasteiger partial charge is 0.441 e. The maximum Gasteiger partial charge on any atom is 0.224 e. The molecule has 1 fully saturated rings. The SMILES string of the molecule is O=C(CCc1ncc(-c2ccccc2)o1)Nc1ccccc1N1CCCC1. The molecule has 1 saturated heterocycles. The highest BCUT2D eigenvalue weighted by molar-refractivity contribution is 5.94. The number of rotatable bonds is 6. The summed E-state index contributed by atoms with van der Waals surface area (Å²) in [6.45, 7) is 2.09. The van der Waals surface area contributed by atoms with E-state index in [1.807, 2.05) is 48.5 Å². The van der Waals surface area contributed by atoms with Gasteiger partial charge in [0, 0.05) is 31.5 Å². The second-order valence-corrected chi connectivity index (χ2v) is 6.74. The van der Waals surface area contributed by atoms with Crippen LogP contribution in [0.4, 0.5) is 11.4 Å². The quantitative estimate of drug-likeness (QED) is 0.702. The molecular weight excluding hydrogens is 338 g/mol. The number of carbonyl (C=O) groups is 1. The second-order valence-electron chi connectivity index (χ2n) is 6.74. The molecule has 1 aromatic heterocycles. The zero-order valence-corrected chi connectivity index (χ0v) is 15.2. The van der Waals surface area contributed by atoms with E-state index in [9.17, 15) is 4.79 Å². The molecule has 0 aliphatic carbocycles. The fraction of sp³-hybridized carbons (Fsp3) is 0.273. The minimum absolute atomic E-state index is 0.0268. The maximum absolute atomic E-state index is 12.4. The highest BCUT2D eigenvalue weighted by Crippen LogP contribution is 2.28. The van der Waals surface area contributed by atoms with Gasteiger partial charge in [0.25, 0.3) is 0 Å². The number of para-hydroxylation sites is 2. The van der Waals surface area contributed by atoms with Gasteiger partial charge in [-0.3, -0.25) is 4.79 Å². The molecule has 0 saturated carbocycles. The van der Waals surface area contributed by atoms with E-state index >= 15 is 0 Å². The van der Waals surface area contributed by atoms with E-state index in [4.69, 9.17) is 4.42 Å². The van der Waals surface area contributed by atoms with Crippen molar-refractivity contribution in [3.8, 4) is 11.3 Å². The third-order valence-corrected chi connectivity index (χ3v) is 4.80. The Balaban J connectivity index is 1.36. The van der Waals surface area contributed by atoms with Crippen LogP contribution in [0, 0.1) is 0 Å². The zero-order valence-electron chi connectivity index (χ0n) is 15.2. The molecule has 4 rings (SSSR count). The van der Waals surface area contributed by atoms with Crippen molar-refractivity contribution in [3.05, 3.63) is 66.7 Å². The predicted molar refractivity (Wildman–Crippen MR) is 107 cm³/mol. The molecule has 1 aliphatic heterocycles. The van der Waals surface area contributed by atoms with Crippen LogP contribution in [0.1, 0.15) is 25.2 Å². The van der Waals surface area contributed by atoms with Crippen LogP contribution in [0.3, 0.4) is 0 Å². The third-order valence-electron chi connectivity index (χ3n) is 4.80. The van der Waals surface area contributed by atoms with E-state index in [0.717, 1.165) is 35.8 Å². The molecule has 0 spiro atoms. The first kappa shape index (κ1) is 17.3. The molecule has 0 bridgehead atoms. The summed E-state index contributed by atoms with van der Waals surface area (Å²) < 4.78 is 5.78. The molecular formula is C22H23N3O2. The molecule has 3 aromatic rings. The molecule has 5 heteroatoms. The van der Waals surface area contributed by atoms with Crippen molar-refractivity contribution in [2.45, 2.75) is 25.7 Å². The average Bonchev–Trinajstić information content (AvgIpc) is 3.40. The standard InChI is InChI=1S/C22H23N3O2/c26-21(24-18-10-4-5-11-19(18)25-14-6-7-15-25)12-13-22-23-16-20(27-22)17-8-2-1-3-9-17/h1-5,8-11,16H,6-7,12-15H2,(H,24,26). The Bertz CT molecular complexity index is 899. The average molecular weight is 361 g/mol. The number of aryl methyl sites for hydroxylation is 1. The minimum atomic E-state index is -0.0268. The van der Waals surface area contributed by atoms with E-state index in [0.29, 0.717) is 18.7 Å². The number of anilines is 2. The molecule has 2 aromatic carbocycles. The van der Waals surface area contributed by atoms with Crippen molar-refractivity contribution < 1.29 is 9.21 Å². The minimum Gasteiger partial charge on any atom is -0.441 e. The van der Waals surface area contributed by atoms with Crippen LogP contribution < -0.4 is 10.2 Å². The molecule has 1 N–H and O–H groups in total. The lowest BCUT2D eigenvalue weighted by atomic mass is 10.2. The third kappa shape index (κ3) is 4.19. The van der Waals surface area contributed by atoms with E-state index < -0.39 is 0 Å². The van der Waals surface area contributed by atoms with Crippen LogP contribution in [-0.4, -0.2) is 24.0 Å². The topological polar surface area (TPSA) is 58.4 Å². The highest BCUT2D eigenvalue weighted by Gasteiger charge is 2.17. The number of hydrogen-bond donors (Lipinski definition) is 1. The Kier molecular flexibility index (Phi) is 5.19. The molecule has 1 aliphatic rings. The molecule has 0 radical (unpaired) electrons. The number of nitrogens with zero attached hydrogens (tertiary/aromatic N) is 2. The van der Waals surface area contributed by atoms with Gasteiger partial charge >= 0.3 is 0 Å². The van der Waals surface area contributed by atoms with Crippen LogP contribution in [0.2, 0.25) is 0 Å². The van der Waals surface area contributed by atoms with Crippen molar-refractivity contribution in [3.63, 3.8) is 0 Å². The molecule has 0 atom stereocenters. The summed E-state index contributed by atoms with van der Waals surface area (Å²) in [6, 6.07) is 17.8. The number of nitrogens with one attached hydrogen (secondary N) is 1. The Morgan fingerprint density at radius 3 is 2.59 bits per heavy atom. The summed E-state index contributed by atoms with van der Waals surface area (Å²) in [5, 5.41) is 3.05. The summed E-state index contributed by atoms with van der Waals surface area (Å²) in [5.41, 5.74) is 2.97. The predicted octanol–water partition coefficient (Wildman–Crippen LogP) is 4.51. The normalized spacial score (nSPS) is 13.7. The number of amides is 1. The highest BCUT2D eigenvalue weighted by atomic mass is 16.4. The van der Waals surface area contributed by atoms with Gasteiger partial charge in [0.1, 0.15) is 0 Å². The molecule has 1 amide bonds. The smallest absolute Gasteiger partial charge is 0.224 e. The molecule has 138 valence electrons. The first-order valence-electron chi connectivity index (χ1n) is 9.43. The van der Waals surface area contributed by atoms with Crippen molar-refractivity contribution >= 4 is 17.3 Å². The number of hydrogen-bond acceptors (Lipinski definition) is 4. The van der Waals surface area contributed by atoms with Crippen LogP contribution in [-0.2, 0) is 11.2 Å². The number of oxazole rings is 1. The molecule has 2 heterocycles. The Labute approximate surface area is 159 Å². The van der Waals surface area contributed by atoms with Gasteiger partial charge < -0.3 is 14.6 Å². The summed E-state index contributed by atoms with van der Waals surface area (Å²) >= 11 is 0. The monoisotopic (exact) mass is 361 g/mol. The molecule has 0 unspecified atom stereocenters. The summed E-state index contributed by atoms with van der Waals surface area (Å²) in [4.78, 5) is 19.1. The summed E-state index contributed by atoms with van der Waals surface area (Å²) in [6.07, 6.45) is 4.94. The van der Waals surface area contributed by atoms with E-state index in [1.54, 1.807) is 6.20 Å². The van der Waals surface area contributed by atoms with E-state index in [1.165, 1.54) is 12.8 Å². The Morgan fingerprint density at radius 2 is 1.78 bits per heavy atom. The first-order chi connectivity index (χ1) is 13.3. The van der Waals surface area contributed by atoms with Gasteiger partial charge in [-0.25, -0.2) is 4.98 Å². The van der Waals surface area contributed by atoms with Gasteiger partial charge in [0.2, 0.25) is 5.91 Å². The van der Waals surface area contributed by atoms with Gasteiger partial charge in [0.15, 0.2) is 11.7 Å². The summed E-state index contributed by atoms with van der Waals surface area (Å²) in [7, 11) is 0. The van der Waals surface area contributed by atoms with Crippen molar-refractivity contribution in [2.75, 3.05) is 23.3 Å². The zero-order chi connectivity index (χ0) is 18.5. The Hall–Kier alpha value is -3.08. The number of benzene rings is 2. The Morgan fingerprint density at radius 1 is 1.04 bits per heavy atom. The van der Waals surface area contributed by atoms with Gasteiger partial charge in [0.05, 0.1) is 17.6 Å². The number of carbonyl (C=O) groups excluding carboxylic acids is 1. The summed E-state index contributed by atoms with van der Waals surface area (Å²) in [5.74, 6) is 1.28. The molecule has 5 nitrogen and oxygen atoms in total. The fourth-order valence-electron chi connectivity index (χ4n) is 3.41. The van der Waals surface area contributed by atoms with E-state index in [2.05, 4.69) is 21.3 Å². The fourth-order valence-corrected chi connectivity index (χ4v) is 3.41. The molecule has 27 heavy (non-hydrogen) atoms. The number of aromatic nitrogens is 1. The first-order valence-corrected chi connectivity index (χ1v) is 9.43. The van der Waals surface area contributed by atoms with Gasteiger partial charge in [-0.05, 0) is 25.0 Å². The van der Waals surface area contributed by atoms with Crippen LogP contribution in [0.15, 0.2) is 65.2 Å². The van der Waals surface area contributed by atoms with Crippen molar-refractivity contribution in [2.24, 2.45) is 0 Å². The van der Waals surface area contributed by atoms with E-state index in [-0.39, 0.29) is 5.91 Å². The van der Waals surface area contributed by atoms with Crippen molar-refractivity contribution in [1.82, 2.24) is 4.98 Å². The van der Waals surface area contributed by atoms with Crippen LogP contribution in [0.25, 0.3) is 11.3 Å². The van der Waals surface area contributed by atoms with Gasteiger partial charge in [-0.15, -0.1) is 0 Å². The second kappa shape index (κ2) is 8.08. The van der Waals surface area contributed by atoms with Crippen LogP contribution in [0.5, 0.6) is 0 Å². The van der Waals surface area contributed by atoms with Crippen LogP contribution >= 0.6 is 0 Å². The van der Waals surface area contributed by atoms with Crippen molar-refractivity contribution in [1.29, 1.82) is 0 Å². The lowest BCUT2D eigenvalue weighted by molar-refractivity contribution is -0.116. The maximum atomic E-state index is 12.4. The van der Waals surface area contributed by atoms with Gasteiger partial charge in [-0.2, -0.15) is 0 Å². The lowest BCUT2D eigenvalue weighted by Gasteiger charge is -2.21. The lowest BCUT2D eigenvalue weighted by Crippen LogP contribution is -2.21.